The third-order valence-corrected chi connectivity index (χ3v) is 4.04. The van der Waals surface area contributed by atoms with E-state index in [1.54, 1.807) is 57.0 Å². The van der Waals surface area contributed by atoms with Gasteiger partial charge in [0.1, 0.15) is 12.2 Å². The third kappa shape index (κ3) is 5.90. The zero-order valence-electron chi connectivity index (χ0n) is 17.1. The summed E-state index contributed by atoms with van der Waals surface area (Å²) in [6, 6.07) is 8.88. The quantitative estimate of drug-likeness (QED) is 0.390. The topological polar surface area (TPSA) is 140 Å². The van der Waals surface area contributed by atoms with Gasteiger partial charge in [-0.3, -0.25) is 14.8 Å². The standard InChI is InChI=1S/C21H22N8O2/c1-23-19(9-16(22)17-5-3-4-8-26-17)29-21(30)20-18(7-6-14(28-20)12-31-2)27-15-10-24-13-25-11-15/h3-11,13,27H,12,22H2,1-2H3,(H,23,29,30). The van der Waals surface area contributed by atoms with Crippen LogP contribution in [-0.4, -0.2) is 45.8 Å². The van der Waals surface area contributed by atoms with E-state index in [0.717, 1.165) is 0 Å². The molecule has 10 heteroatoms. The molecule has 0 fully saturated rings. The number of anilines is 2. The average molecular weight is 418 g/mol. The molecule has 3 heterocycles. The van der Waals surface area contributed by atoms with Crippen LogP contribution in [0.15, 0.2) is 66.3 Å². The Morgan fingerprint density at radius 2 is 2.03 bits per heavy atom. The Morgan fingerprint density at radius 1 is 1.23 bits per heavy atom. The van der Waals surface area contributed by atoms with Crippen molar-refractivity contribution in [1.29, 1.82) is 0 Å². The van der Waals surface area contributed by atoms with Crippen molar-refractivity contribution in [3.05, 3.63) is 78.4 Å². The van der Waals surface area contributed by atoms with Gasteiger partial charge in [0.05, 0.1) is 47.5 Å². The van der Waals surface area contributed by atoms with Crippen molar-refractivity contribution < 1.29 is 9.53 Å². The molecule has 3 aromatic heterocycles. The molecule has 158 valence electrons. The Kier molecular flexibility index (Phi) is 7.33. The Morgan fingerprint density at radius 3 is 2.71 bits per heavy atom. The first-order chi connectivity index (χ1) is 15.1. The molecular weight excluding hydrogens is 396 g/mol. The SMILES string of the molecule is CN=C(C=C(N)c1ccccn1)NC(=O)c1nc(COC)ccc1Nc1cncnc1. The van der Waals surface area contributed by atoms with Gasteiger partial charge >= 0.3 is 0 Å². The van der Waals surface area contributed by atoms with Crippen LogP contribution in [0, 0.1) is 0 Å². The van der Waals surface area contributed by atoms with E-state index in [1.165, 1.54) is 12.4 Å². The molecule has 3 rings (SSSR count). The molecule has 0 aliphatic carbocycles. The van der Waals surface area contributed by atoms with Crippen LogP contribution in [0.2, 0.25) is 0 Å². The molecule has 1 amide bonds. The minimum Gasteiger partial charge on any atom is -0.397 e. The van der Waals surface area contributed by atoms with Gasteiger partial charge < -0.3 is 21.1 Å². The summed E-state index contributed by atoms with van der Waals surface area (Å²) in [5, 5.41) is 5.83. The zero-order chi connectivity index (χ0) is 22.1. The predicted molar refractivity (Wildman–Crippen MR) is 117 cm³/mol. The number of amides is 1. The fraction of sp³-hybridized carbons (Fsp3) is 0.143. The molecule has 0 aliphatic heterocycles. The maximum atomic E-state index is 13.0. The second-order valence-electron chi connectivity index (χ2n) is 6.26. The number of ether oxygens (including phenoxy) is 1. The second kappa shape index (κ2) is 10.6. The second-order valence-corrected chi connectivity index (χ2v) is 6.26. The lowest BCUT2D eigenvalue weighted by Crippen LogP contribution is -2.31. The fourth-order valence-corrected chi connectivity index (χ4v) is 2.61. The molecule has 0 radical (unpaired) electrons. The van der Waals surface area contributed by atoms with E-state index in [2.05, 4.69) is 35.6 Å². The number of nitrogens with zero attached hydrogens (tertiary/aromatic N) is 5. The van der Waals surface area contributed by atoms with Crippen LogP contribution >= 0.6 is 0 Å². The smallest absolute Gasteiger partial charge is 0.277 e. The number of nitrogens with two attached hydrogens (primary N) is 1. The fourth-order valence-electron chi connectivity index (χ4n) is 2.61. The van der Waals surface area contributed by atoms with E-state index in [9.17, 15) is 4.79 Å². The monoisotopic (exact) mass is 418 g/mol. The van der Waals surface area contributed by atoms with Gasteiger partial charge in [-0.25, -0.2) is 15.0 Å². The number of aliphatic imine (C=N–C) groups is 1. The van der Waals surface area contributed by atoms with Gasteiger partial charge in [-0.1, -0.05) is 6.07 Å². The predicted octanol–water partition coefficient (Wildman–Crippen LogP) is 1.91. The van der Waals surface area contributed by atoms with E-state index >= 15 is 0 Å². The lowest BCUT2D eigenvalue weighted by molar-refractivity contribution is 0.0972. The number of hydrogen-bond donors (Lipinski definition) is 3. The number of nitrogens with one attached hydrogen (secondary N) is 2. The Hall–Kier alpha value is -4.18. The molecule has 0 bridgehead atoms. The Bertz CT molecular complexity index is 1090. The third-order valence-electron chi connectivity index (χ3n) is 4.04. The molecule has 0 atom stereocenters. The molecular formula is C21H22N8O2. The highest BCUT2D eigenvalue weighted by atomic mass is 16.5. The van der Waals surface area contributed by atoms with E-state index in [-0.39, 0.29) is 18.1 Å². The minimum absolute atomic E-state index is 0.157. The molecule has 0 saturated carbocycles. The van der Waals surface area contributed by atoms with Crippen LogP contribution in [0.1, 0.15) is 21.9 Å². The summed E-state index contributed by atoms with van der Waals surface area (Å²) >= 11 is 0. The summed E-state index contributed by atoms with van der Waals surface area (Å²) in [6.07, 6.45) is 7.77. The summed E-state index contributed by atoms with van der Waals surface area (Å²) in [5.74, 6) is -0.205. The van der Waals surface area contributed by atoms with Crippen molar-refractivity contribution in [3.63, 3.8) is 0 Å². The number of methoxy groups -OCH3 is 1. The van der Waals surface area contributed by atoms with Gasteiger partial charge in [0.2, 0.25) is 0 Å². The highest BCUT2D eigenvalue weighted by Gasteiger charge is 2.17. The van der Waals surface area contributed by atoms with Gasteiger partial charge in [0.15, 0.2) is 5.69 Å². The van der Waals surface area contributed by atoms with E-state index in [4.69, 9.17) is 10.5 Å². The summed E-state index contributed by atoms with van der Waals surface area (Å²) in [7, 11) is 3.11. The van der Waals surface area contributed by atoms with Crippen molar-refractivity contribution in [2.45, 2.75) is 6.61 Å². The van der Waals surface area contributed by atoms with Crippen LogP contribution in [-0.2, 0) is 11.3 Å². The molecule has 31 heavy (non-hydrogen) atoms. The van der Waals surface area contributed by atoms with E-state index in [0.29, 0.717) is 28.5 Å². The van der Waals surface area contributed by atoms with Crippen LogP contribution in [0.5, 0.6) is 0 Å². The average Bonchev–Trinajstić information content (AvgIpc) is 2.81. The number of pyridine rings is 2. The van der Waals surface area contributed by atoms with Crippen molar-refractivity contribution >= 4 is 28.8 Å². The highest BCUT2D eigenvalue weighted by Crippen LogP contribution is 2.19. The van der Waals surface area contributed by atoms with Crippen molar-refractivity contribution in [1.82, 2.24) is 25.3 Å². The van der Waals surface area contributed by atoms with Crippen molar-refractivity contribution in [2.75, 3.05) is 19.5 Å². The number of rotatable bonds is 7. The van der Waals surface area contributed by atoms with Gasteiger partial charge in [-0.15, -0.1) is 0 Å². The number of aromatic nitrogens is 4. The van der Waals surface area contributed by atoms with Crippen LogP contribution in [0.3, 0.4) is 0 Å². The normalized spacial score (nSPS) is 11.8. The Balaban J connectivity index is 1.87. The lowest BCUT2D eigenvalue weighted by Gasteiger charge is -2.13. The van der Waals surface area contributed by atoms with Gasteiger partial charge in [0, 0.05) is 26.4 Å². The van der Waals surface area contributed by atoms with Gasteiger partial charge in [0.25, 0.3) is 5.91 Å². The molecule has 3 aromatic rings. The number of carbonyl (C=O) groups is 1. The Labute approximate surface area is 179 Å². The summed E-state index contributed by atoms with van der Waals surface area (Å²) in [6.45, 7) is 0.260. The zero-order valence-corrected chi connectivity index (χ0v) is 17.1. The van der Waals surface area contributed by atoms with Gasteiger partial charge in [-0.05, 0) is 24.3 Å². The van der Waals surface area contributed by atoms with E-state index < -0.39 is 5.91 Å². The highest BCUT2D eigenvalue weighted by molar-refractivity contribution is 6.13. The van der Waals surface area contributed by atoms with Crippen LogP contribution < -0.4 is 16.4 Å². The molecule has 0 saturated heterocycles. The molecule has 4 N–H and O–H groups in total. The first kappa shape index (κ1) is 21.5. The van der Waals surface area contributed by atoms with Crippen molar-refractivity contribution in [2.24, 2.45) is 10.7 Å². The first-order valence-corrected chi connectivity index (χ1v) is 9.28. The largest absolute Gasteiger partial charge is 0.397 e. The van der Waals surface area contributed by atoms with Crippen molar-refractivity contribution in [3.8, 4) is 0 Å². The number of amidine groups is 1. The number of hydrogen-bond acceptors (Lipinski definition) is 9. The molecule has 0 aromatic carbocycles. The van der Waals surface area contributed by atoms with E-state index in [1.807, 2.05) is 6.07 Å². The maximum Gasteiger partial charge on any atom is 0.277 e. The van der Waals surface area contributed by atoms with Crippen LogP contribution in [0.25, 0.3) is 5.70 Å². The van der Waals surface area contributed by atoms with Gasteiger partial charge in [-0.2, -0.15) is 0 Å². The minimum atomic E-state index is -0.469. The summed E-state index contributed by atoms with van der Waals surface area (Å²) in [5.41, 5.74) is 8.87. The maximum absolute atomic E-state index is 13.0. The molecule has 0 aliphatic rings. The number of carbonyl (C=O) groups excluding carboxylic acids is 1. The lowest BCUT2D eigenvalue weighted by atomic mass is 10.2. The summed E-state index contributed by atoms with van der Waals surface area (Å²) in [4.78, 5) is 33.7. The molecule has 0 unspecified atom stereocenters. The molecule has 10 nitrogen and oxygen atoms in total. The summed E-state index contributed by atoms with van der Waals surface area (Å²) < 4.78 is 5.13. The van der Waals surface area contributed by atoms with Crippen LogP contribution in [0.4, 0.5) is 11.4 Å². The molecule has 0 spiro atoms. The first-order valence-electron chi connectivity index (χ1n) is 9.28.